The molecule has 1 heterocycles. The first kappa shape index (κ1) is 13.0. The van der Waals surface area contributed by atoms with Crippen LogP contribution in [0.2, 0.25) is 0 Å². The molecule has 2 rings (SSSR count). The van der Waals surface area contributed by atoms with E-state index in [0.29, 0.717) is 18.5 Å². The standard InChI is InChI=1S/C12H19N3O3/c1-15-8(11(17)14-12(15)13)5-7-3-4-9(16)10(6-7)18-2/h5,7,9-10,16H,3-4,6H2,1-2H3,(H2,13,14,17)/b8-5-. The number of rotatable bonds is 2. The summed E-state index contributed by atoms with van der Waals surface area (Å²) < 4.78 is 5.24. The van der Waals surface area contributed by atoms with Crippen molar-refractivity contribution in [3.05, 3.63) is 11.8 Å². The van der Waals surface area contributed by atoms with Crippen molar-refractivity contribution in [2.24, 2.45) is 16.6 Å². The van der Waals surface area contributed by atoms with Gasteiger partial charge in [-0.05, 0) is 25.2 Å². The molecule has 100 valence electrons. The van der Waals surface area contributed by atoms with E-state index in [2.05, 4.69) is 4.99 Å². The van der Waals surface area contributed by atoms with Gasteiger partial charge in [0.15, 0.2) is 0 Å². The normalized spacial score (nSPS) is 35.2. The zero-order chi connectivity index (χ0) is 13.3. The van der Waals surface area contributed by atoms with E-state index in [1.54, 1.807) is 19.1 Å². The van der Waals surface area contributed by atoms with Crippen molar-refractivity contribution >= 4 is 11.9 Å². The monoisotopic (exact) mass is 253 g/mol. The van der Waals surface area contributed by atoms with Crippen molar-refractivity contribution in [1.82, 2.24) is 4.90 Å². The lowest BCUT2D eigenvalue weighted by atomic mass is 9.84. The number of amides is 1. The second kappa shape index (κ2) is 5.07. The lowest BCUT2D eigenvalue weighted by Gasteiger charge is -2.31. The Morgan fingerprint density at radius 2 is 2.28 bits per heavy atom. The molecule has 1 aliphatic carbocycles. The van der Waals surface area contributed by atoms with Crippen LogP contribution in [0, 0.1) is 5.92 Å². The Balaban J connectivity index is 2.08. The maximum Gasteiger partial charge on any atom is 0.296 e. The Kier molecular flexibility index (Phi) is 3.68. The molecular formula is C12H19N3O3. The van der Waals surface area contributed by atoms with E-state index in [1.807, 2.05) is 6.08 Å². The molecule has 1 saturated carbocycles. The van der Waals surface area contributed by atoms with Gasteiger partial charge in [0.1, 0.15) is 5.70 Å². The van der Waals surface area contributed by atoms with Crippen molar-refractivity contribution in [1.29, 1.82) is 0 Å². The maximum atomic E-state index is 11.6. The number of nitrogens with two attached hydrogens (primary N) is 1. The summed E-state index contributed by atoms with van der Waals surface area (Å²) in [7, 11) is 3.32. The summed E-state index contributed by atoms with van der Waals surface area (Å²) in [6, 6.07) is 0. The molecule has 6 heteroatoms. The molecular weight excluding hydrogens is 234 g/mol. The predicted molar refractivity (Wildman–Crippen MR) is 66.6 cm³/mol. The van der Waals surface area contributed by atoms with Gasteiger partial charge in [0, 0.05) is 14.2 Å². The van der Waals surface area contributed by atoms with Crippen LogP contribution in [0.25, 0.3) is 0 Å². The van der Waals surface area contributed by atoms with E-state index < -0.39 is 6.10 Å². The average Bonchev–Trinajstić information content (AvgIpc) is 2.58. The predicted octanol–water partition coefficient (Wildman–Crippen LogP) is -0.167. The number of nitrogens with zero attached hydrogens (tertiary/aromatic N) is 2. The number of aliphatic hydroxyl groups excluding tert-OH is 1. The minimum Gasteiger partial charge on any atom is -0.390 e. The Morgan fingerprint density at radius 1 is 1.56 bits per heavy atom. The van der Waals surface area contributed by atoms with Gasteiger partial charge < -0.3 is 20.5 Å². The SMILES string of the molecule is COC1CC(/C=C2/C(=O)N=C(N)N2C)CCC1O. The van der Waals surface area contributed by atoms with Gasteiger partial charge in [-0.15, -0.1) is 0 Å². The molecule has 1 amide bonds. The van der Waals surface area contributed by atoms with E-state index in [1.165, 1.54) is 0 Å². The Labute approximate surface area is 106 Å². The molecule has 1 aliphatic heterocycles. The highest BCUT2D eigenvalue weighted by Gasteiger charge is 2.31. The number of aliphatic imine (C=N–C) groups is 1. The molecule has 3 atom stereocenters. The molecule has 3 N–H and O–H groups in total. The molecule has 0 spiro atoms. The fourth-order valence-electron chi connectivity index (χ4n) is 2.46. The van der Waals surface area contributed by atoms with Crippen molar-refractivity contribution in [3.8, 4) is 0 Å². The number of allylic oxidation sites excluding steroid dienone is 1. The number of likely N-dealkylation sites (N-methyl/N-ethyl adjacent to an activating group) is 1. The summed E-state index contributed by atoms with van der Waals surface area (Å²) in [5.41, 5.74) is 6.11. The highest BCUT2D eigenvalue weighted by atomic mass is 16.5. The number of carbonyl (C=O) groups excluding carboxylic acids is 1. The smallest absolute Gasteiger partial charge is 0.296 e. The fourth-order valence-corrected chi connectivity index (χ4v) is 2.46. The van der Waals surface area contributed by atoms with Crippen LogP contribution in [0.4, 0.5) is 0 Å². The second-order valence-corrected chi connectivity index (χ2v) is 4.80. The third kappa shape index (κ3) is 2.39. The van der Waals surface area contributed by atoms with Crippen LogP contribution in [0.3, 0.4) is 0 Å². The largest absolute Gasteiger partial charge is 0.390 e. The topological polar surface area (TPSA) is 88.1 Å². The maximum absolute atomic E-state index is 11.6. The Hall–Kier alpha value is -1.40. The van der Waals surface area contributed by atoms with Gasteiger partial charge in [-0.3, -0.25) is 4.79 Å². The summed E-state index contributed by atoms with van der Waals surface area (Å²) in [4.78, 5) is 16.9. The van der Waals surface area contributed by atoms with Crippen LogP contribution in [0.1, 0.15) is 19.3 Å². The molecule has 0 saturated heterocycles. The molecule has 0 aromatic rings. The number of carbonyl (C=O) groups is 1. The minimum absolute atomic E-state index is 0.166. The molecule has 6 nitrogen and oxygen atoms in total. The molecule has 18 heavy (non-hydrogen) atoms. The lowest BCUT2D eigenvalue weighted by molar-refractivity contribution is -0.114. The number of hydrogen-bond acceptors (Lipinski definition) is 5. The molecule has 0 aromatic heterocycles. The van der Waals surface area contributed by atoms with Gasteiger partial charge >= 0.3 is 0 Å². The number of methoxy groups -OCH3 is 1. The van der Waals surface area contributed by atoms with Gasteiger partial charge in [0.2, 0.25) is 5.96 Å². The Morgan fingerprint density at radius 3 is 2.83 bits per heavy atom. The summed E-state index contributed by atoms with van der Waals surface area (Å²) in [5, 5.41) is 9.73. The van der Waals surface area contributed by atoms with Crippen LogP contribution < -0.4 is 5.73 Å². The van der Waals surface area contributed by atoms with Crippen molar-refractivity contribution in [2.75, 3.05) is 14.2 Å². The highest BCUT2D eigenvalue weighted by Crippen LogP contribution is 2.29. The first-order valence-corrected chi connectivity index (χ1v) is 6.07. The quantitative estimate of drug-likeness (QED) is 0.667. The zero-order valence-electron chi connectivity index (χ0n) is 10.7. The second-order valence-electron chi connectivity index (χ2n) is 4.80. The Bertz CT molecular complexity index is 405. The third-order valence-electron chi connectivity index (χ3n) is 3.63. The zero-order valence-corrected chi connectivity index (χ0v) is 10.7. The van der Waals surface area contributed by atoms with Gasteiger partial charge in [0.05, 0.1) is 12.2 Å². The summed E-state index contributed by atoms with van der Waals surface area (Å²) >= 11 is 0. The van der Waals surface area contributed by atoms with E-state index >= 15 is 0 Å². The first-order chi connectivity index (χ1) is 8.52. The van der Waals surface area contributed by atoms with E-state index in [-0.39, 0.29) is 23.9 Å². The number of ether oxygens (including phenoxy) is 1. The summed E-state index contributed by atoms with van der Waals surface area (Å²) in [5.74, 6) is 0.140. The van der Waals surface area contributed by atoms with Crippen molar-refractivity contribution in [3.63, 3.8) is 0 Å². The van der Waals surface area contributed by atoms with Gasteiger partial charge in [0.25, 0.3) is 5.91 Å². The highest BCUT2D eigenvalue weighted by molar-refractivity contribution is 6.09. The van der Waals surface area contributed by atoms with Crippen LogP contribution in [-0.4, -0.2) is 48.2 Å². The number of hydrogen-bond donors (Lipinski definition) is 2. The van der Waals surface area contributed by atoms with Crippen molar-refractivity contribution < 1.29 is 14.6 Å². The molecule has 0 radical (unpaired) electrons. The molecule has 0 bridgehead atoms. The minimum atomic E-state index is -0.414. The fraction of sp³-hybridized carbons (Fsp3) is 0.667. The van der Waals surface area contributed by atoms with Crippen molar-refractivity contribution in [2.45, 2.75) is 31.5 Å². The number of aliphatic hydroxyl groups is 1. The lowest BCUT2D eigenvalue weighted by Crippen LogP contribution is -2.35. The van der Waals surface area contributed by atoms with Crippen LogP contribution in [0.15, 0.2) is 16.8 Å². The van der Waals surface area contributed by atoms with Gasteiger partial charge in [-0.25, -0.2) is 0 Å². The third-order valence-corrected chi connectivity index (χ3v) is 3.63. The first-order valence-electron chi connectivity index (χ1n) is 6.07. The molecule has 3 unspecified atom stereocenters. The average molecular weight is 253 g/mol. The number of guanidine groups is 1. The van der Waals surface area contributed by atoms with Crippen LogP contribution >= 0.6 is 0 Å². The van der Waals surface area contributed by atoms with E-state index in [0.717, 1.165) is 6.42 Å². The van der Waals surface area contributed by atoms with E-state index in [4.69, 9.17) is 10.5 Å². The summed E-state index contributed by atoms with van der Waals surface area (Å²) in [6.07, 6.45) is 3.54. The van der Waals surface area contributed by atoms with Crippen LogP contribution in [-0.2, 0) is 9.53 Å². The molecule has 2 aliphatic rings. The van der Waals surface area contributed by atoms with Crippen LogP contribution in [0.5, 0.6) is 0 Å². The van der Waals surface area contributed by atoms with E-state index in [9.17, 15) is 9.90 Å². The summed E-state index contributed by atoms with van der Waals surface area (Å²) in [6.45, 7) is 0. The van der Waals surface area contributed by atoms with Gasteiger partial charge in [-0.2, -0.15) is 4.99 Å². The molecule has 0 aromatic carbocycles. The molecule has 1 fully saturated rings. The van der Waals surface area contributed by atoms with Gasteiger partial charge in [-0.1, -0.05) is 6.08 Å².